The minimum absolute atomic E-state index is 0.0668. The highest BCUT2D eigenvalue weighted by Gasteiger charge is 2.66. The van der Waals surface area contributed by atoms with Crippen LogP contribution in [-0.4, -0.2) is 100 Å². The molecule has 66 heavy (non-hydrogen) atoms. The number of nitrogens with zero attached hydrogens (tertiary/aromatic N) is 1. The Kier molecular flexibility index (Phi) is 13.5. The number of rotatable bonds is 15. The van der Waals surface area contributed by atoms with Crippen LogP contribution in [0.25, 0.3) is 0 Å². The number of carbonyl (C=O) groups is 4. The average Bonchev–Trinajstić information content (AvgIpc) is 3.98. The number of aliphatic hydroxyl groups excluding tert-OH is 2. The first-order valence-corrected chi connectivity index (χ1v) is 25.4. The van der Waals surface area contributed by atoms with Crippen molar-refractivity contribution in [2.45, 2.75) is 172 Å². The van der Waals surface area contributed by atoms with Crippen LogP contribution in [0.4, 0.5) is 0 Å². The van der Waals surface area contributed by atoms with Gasteiger partial charge in [0, 0.05) is 44.9 Å². The van der Waals surface area contributed by atoms with E-state index in [9.17, 15) is 34.5 Å². The fraction of sp³-hybridized carbons (Fsp3) is 0.704. The van der Waals surface area contributed by atoms with Crippen LogP contribution < -0.4 is 0 Å². The second kappa shape index (κ2) is 18.9. The van der Waals surface area contributed by atoms with Gasteiger partial charge < -0.3 is 38.8 Å². The highest BCUT2D eigenvalue weighted by Crippen LogP contribution is 2.68. The number of benzene rings is 2. The molecule has 12 nitrogen and oxygen atoms in total. The Bertz CT molecular complexity index is 2000. The molecule has 3 N–H and O–H groups in total. The Balaban J connectivity index is 0.794. The lowest BCUT2D eigenvalue weighted by molar-refractivity contribution is -0.956. The Morgan fingerprint density at radius 2 is 1.38 bits per heavy atom. The monoisotopic (exact) mass is 913 g/mol. The van der Waals surface area contributed by atoms with E-state index in [2.05, 4.69) is 20.8 Å². The van der Waals surface area contributed by atoms with Crippen molar-refractivity contribution in [3.63, 3.8) is 0 Å². The second-order valence-corrected chi connectivity index (χ2v) is 22.2. The first kappa shape index (κ1) is 47.2. The van der Waals surface area contributed by atoms with Gasteiger partial charge >= 0.3 is 23.9 Å². The predicted molar refractivity (Wildman–Crippen MR) is 244 cm³/mol. The summed E-state index contributed by atoms with van der Waals surface area (Å²) in [6.45, 7) is 8.54. The minimum atomic E-state index is -1.70. The van der Waals surface area contributed by atoms with Crippen LogP contribution in [0.15, 0.2) is 60.7 Å². The lowest BCUT2D eigenvalue weighted by Gasteiger charge is -2.63. The van der Waals surface area contributed by atoms with E-state index in [0.29, 0.717) is 55.3 Å². The summed E-state index contributed by atoms with van der Waals surface area (Å²) in [5.74, 6) is -1.60. The van der Waals surface area contributed by atoms with Crippen molar-refractivity contribution in [2.75, 3.05) is 19.9 Å². The molecule has 13 atom stereocenters. The minimum Gasteiger partial charge on any atom is -0.481 e. The van der Waals surface area contributed by atoms with Gasteiger partial charge in [-0.3, -0.25) is 14.4 Å². The van der Waals surface area contributed by atoms with E-state index < -0.39 is 48.5 Å². The fourth-order valence-corrected chi connectivity index (χ4v) is 16.0. The summed E-state index contributed by atoms with van der Waals surface area (Å²) in [6, 6.07) is 19.5. The highest BCUT2D eigenvalue weighted by atomic mass is 16.7. The van der Waals surface area contributed by atoms with Gasteiger partial charge in [-0.15, -0.1) is 0 Å². The number of esters is 3. The molecule has 2 aromatic carbocycles. The van der Waals surface area contributed by atoms with Crippen molar-refractivity contribution in [3.05, 3.63) is 71.8 Å². The third-order valence-corrected chi connectivity index (χ3v) is 19.3. The van der Waals surface area contributed by atoms with Gasteiger partial charge in [-0.05, 0) is 109 Å². The summed E-state index contributed by atoms with van der Waals surface area (Å²) < 4.78 is 25.7. The molecule has 2 aromatic rings. The van der Waals surface area contributed by atoms with Gasteiger partial charge in [0.05, 0.1) is 50.2 Å². The Morgan fingerprint density at radius 1 is 0.742 bits per heavy atom. The maximum atomic E-state index is 14.7. The van der Waals surface area contributed by atoms with Crippen molar-refractivity contribution in [2.24, 2.45) is 46.3 Å². The molecule has 7 unspecified atom stereocenters. The molecule has 360 valence electrons. The third kappa shape index (κ3) is 8.42. The number of hydrogen-bond acceptors (Lipinski definition) is 10. The number of carbonyl (C=O) groups excluding carboxylic acids is 3. The maximum Gasteiger partial charge on any atom is 0.348 e. The predicted octanol–water partition coefficient (Wildman–Crippen LogP) is 8.09. The molecular weight excluding hydrogens is 839 g/mol. The van der Waals surface area contributed by atoms with Crippen LogP contribution in [0, 0.1) is 46.3 Å². The van der Waals surface area contributed by atoms with Gasteiger partial charge in [0.25, 0.3) is 0 Å². The Morgan fingerprint density at radius 3 is 2.02 bits per heavy atom. The summed E-state index contributed by atoms with van der Waals surface area (Å²) in [4.78, 5) is 52.6. The number of carboxylic acids is 1. The highest BCUT2D eigenvalue weighted by molar-refractivity contribution is 5.86. The van der Waals surface area contributed by atoms with E-state index in [4.69, 9.17) is 18.9 Å². The van der Waals surface area contributed by atoms with Gasteiger partial charge in [-0.25, -0.2) is 4.79 Å². The second-order valence-electron chi connectivity index (χ2n) is 22.2. The van der Waals surface area contributed by atoms with Crippen LogP contribution in [0.1, 0.15) is 141 Å². The van der Waals surface area contributed by atoms with Crippen molar-refractivity contribution in [1.29, 1.82) is 0 Å². The number of carboxylic acid groups (broad SMARTS) is 1. The fourth-order valence-electron chi connectivity index (χ4n) is 16.0. The molecule has 3 saturated heterocycles. The smallest absolute Gasteiger partial charge is 0.348 e. The standard InChI is InChI=1S/C54H73NO11/c1-34(16-21-47(58)59)42-19-20-43-50-44(32-46(57)53(42,43)3)52(2)25-24-40(28-37(52)29-45(50)56)65-49(61)23-22-48(60)63-33-64-54(35-12-6-4-7-13-35,36-14-8-5-9-15-36)51(62)66-41-30-38-17-18-39(31-41)55(38)26-10-11-27-55/h4-9,12-15,34,37-46,50,56-57H,10-11,16-33H2,1-3H3/p+1/t34-,37?,38?,39?,40-,41?,42?,43?,44?,45-,46+,50?,52+,53-/m1/s1. The van der Waals surface area contributed by atoms with E-state index in [1.54, 1.807) is 0 Å². The zero-order chi connectivity index (χ0) is 46.4. The average molecular weight is 913 g/mol. The van der Waals surface area contributed by atoms with Crippen LogP contribution in [0.2, 0.25) is 0 Å². The molecule has 3 aliphatic heterocycles. The van der Waals surface area contributed by atoms with Gasteiger partial charge in [-0.1, -0.05) is 81.4 Å². The number of piperidine rings is 1. The molecule has 4 aliphatic carbocycles. The Hall–Kier alpha value is -3.84. The van der Waals surface area contributed by atoms with E-state index >= 15 is 0 Å². The van der Waals surface area contributed by atoms with Gasteiger partial charge in [-0.2, -0.15) is 0 Å². The summed E-state index contributed by atoms with van der Waals surface area (Å²) in [5, 5.41) is 33.2. The number of aliphatic carboxylic acids is 1. The number of fused-ring (bicyclic) bond motifs is 5. The number of ether oxygens (including phenoxy) is 4. The van der Waals surface area contributed by atoms with Crippen LogP contribution >= 0.6 is 0 Å². The molecule has 0 aromatic heterocycles. The molecule has 4 saturated carbocycles. The number of quaternary nitrogens is 1. The number of aliphatic hydroxyl groups is 2. The van der Waals surface area contributed by atoms with E-state index in [0.717, 1.165) is 32.1 Å². The van der Waals surface area contributed by atoms with Gasteiger partial charge in [0.1, 0.15) is 12.2 Å². The molecule has 0 radical (unpaired) electrons. The SMILES string of the molecule is C[C@H](CCC(=O)O)C1CCC2C3C(C[C@H](O)[C@@]21C)[C@@]1(C)CC[C@@H](OC(=O)CCC(=O)OCOC(C(=O)OC2CC4CCC(C2)[N+]42CCCC2)(c2ccccc2)c2ccccc2)CC1C[C@H]3O. The van der Waals surface area contributed by atoms with Gasteiger partial charge in [0.15, 0.2) is 6.79 Å². The van der Waals surface area contributed by atoms with E-state index in [1.165, 1.54) is 43.3 Å². The van der Waals surface area contributed by atoms with Crippen molar-refractivity contribution in [3.8, 4) is 0 Å². The van der Waals surface area contributed by atoms with Crippen LogP contribution in [0.3, 0.4) is 0 Å². The van der Waals surface area contributed by atoms with E-state index in [1.807, 2.05) is 60.7 Å². The summed E-state index contributed by atoms with van der Waals surface area (Å²) in [5.41, 5.74) is -1.05. The summed E-state index contributed by atoms with van der Waals surface area (Å²) in [7, 11) is 0. The van der Waals surface area contributed by atoms with Gasteiger partial charge in [0.2, 0.25) is 5.60 Å². The lowest BCUT2D eigenvalue weighted by Crippen LogP contribution is -2.62. The lowest BCUT2D eigenvalue weighted by atomic mass is 9.43. The quantitative estimate of drug-likeness (QED) is 0.0685. The van der Waals surface area contributed by atoms with E-state index in [-0.39, 0.29) is 77.8 Å². The third-order valence-electron chi connectivity index (χ3n) is 19.3. The summed E-state index contributed by atoms with van der Waals surface area (Å²) >= 11 is 0. The molecule has 3 heterocycles. The maximum absolute atomic E-state index is 14.7. The molecule has 9 rings (SSSR count). The van der Waals surface area contributed by atoms with Crippen LogP contribution in [-0.2, 0) is 43.7 Å². The first-order valence-electron chi connectivity index (χ1n) is 25.4. The zero-order valence-electron chi connectivity index (χ0n) is 39.4. The molecule has 7 fully saturated rings. The Labute approximate surface area is 390 Å². The zero-order valence-corrected chi connectivity index (χ0v) is 39.4. The van der Waals surface area contributed by atoms with Crippen molar-refractivity contribution in [1.82, 2.24) is 0 Å². The van der Waals surface area contributed by atoms with Crippen molar-refractivity contribution >= 4 is 23.9 Å². The molecule has 2 bridgehead atoms. The normalized spacial score (nSPS) is 37.0. The molecule has 12 heteroatoms. The van der Waals surface area contributed by atoms with Crippen LogP contribution in [0.5, 0.6) is 0 Å². The molecule has 0 amide bonds. The van der Waals surface area contributed by atoms with Crippen molar-refractivity contribution < 1.29 is 57.9 Å². The number of hydrogen-bond donors (Lipinski definition) is 3. The molecular formula is C54H74NO11+. The molecule has 7 aliphatic rings. The topological polar surface area (TPSA) is 166 Å². The molecule has 1 spiro atoms. The largest absolute Gasteiger partial charge is 0.481 e. The summed E-state index contributed by atoms with van der Waals surface area (Å²) in [6.07, 6.45) is 10.4. The first-order chi connectivity index (χ1) is 31.7.